The third-order valence-electron chi connectivity index (χ3n) is 4.52. The van der Waals surface area contributed by atoms with Gasteiger partial charge in [-0.25, -0.2) is 9.37 Å². The summed E-state index contributed by atoms with van der Waals surface area (Å²) in [5, 5.41) is 2.51. The molecule has 1 aromatic heterocycles. The highest BCUT2D eigenvalue weighted by Crippen LogP contribution is 2.32. The first-order valence-electron chi connectivity index (χ1n) is 8.50. The third kappa shape index (κ3) is 3.17. The lowest BCUT2D eigenvalue weighted by Crippen LogP contribution is -2.37. The summed E-state index contributed by atoms with van der Waals surface area (Å²) in [5.41, 5.74) is 2.09. The van der Waals surface area contributed by atoms with Crippen molar-refractivity contribution < 1.29 is 14.0 Å². The molecule has 5 nitrogen and oxygen atoms in total. The minimum atomic E-state index is -0.896. The minimum Gasteiger partial charge on any atom is -0.318 e. The van der Waals surface area contributed by atoms with Crippen LogP contribution in [-0.2, 0) is 11.3 Å². The van der Waals surface area contributed by atoms with E-state index in [9.17, 15) is 14.0 Å². The predicted octanol–water partition coefficient (Wildman–Crippen LogP) is 3.56. The Labute approximate surface area is 155 Å². The summed E-state index contributed by atoms with van der Waals surface area (Å²) >= 11 is 0. The molecule has 0 radical (unpaired) electrons. The average molecular weight is 361 g/mol. The number of benzene rings is 2. The second kappa shape index (κ2) is 6.99. The number of hydrogen-bond acceptors (Lipinski definition) is 3. The van der Waals surface area contributed by atoms with Crippen LogP contribution >= 0.6 is 0 Å². The van der Waals surface area contributed by atoms with E-state index in [0.29, 0.717) is 17.7 Å². The van der Waals surface area contributed by atoms with Gasteiger partial charge in [-0.1, -0.05) is 48.5 Å². The van der Waals surface area contributed by atoms with Crippen molar-refractivity contribution in [2.75, 3.05) is 5.32 Å². The summed E-state index contributed by atoms with van der Waals surface area (Å²) in [7, 11) is 0. The van der Waals surface area contributed by atoms with Crippen molar-refractivity contribution in [1.82, 2.24) is 9.88 Å². The number of pyridine rings is 1. The number of carbonyl (C=O) groups excluding carboxylic acids is 2. The summed E-state index contributed by atoms with van der Waals surface area (Å²) < 4.78 is 13.9. The first-order chi connectivity index (χ1) is 13.1. The van der Waals surface area contributed by atoms with Gasteiger partial charge >= 0.3 is 0 Å². The van der Waals surface area contributed by atoms with E-state index in [0.717, 1.165) is 5.56 Å². The molecular formula is C21H16FN3O2. The molecule has 6 heteroatoms. The van der Waals surface area contributed by atoms with Crippen LogP contribution in [0.25, 0.3) is 0 Å². The zero-order chi connectivity index (χ0) is 18.8. The zero-order valence-electron chi connectivity index (χ0n) is 14.3. The molecule has 0 spiro atoms. The molecule has 1 aliphatic heterocycles. The van der Waals surface area contributed by atoms with Crippen LogP contribution in [0.4, 0.5) is 10.2 Å². The topological polar surface area (TPSA) is 62.3 Å². The Kier molecular flexibility index (Phi) is 4.38. The van der Waals surface area contributed by atoms with Crippen molar-refractivity contribution >= 4 is 17.6 Å². The third-order valence-corrected chi connectivity index (χ3v) is 4.52. The Balaban J connectivity index is 1.70. The maximum atomic E-state index is 13.9. The van der Waals surface area contributed by atoms with Gasteiger partial charge in [0.25, 0.3) is 11.8 Å². The molecule has 2 aromatic carbocycles. The largest absolute Gasteiger partial charge is 0.318 e. The molecule has 1 N–H and O–H groups in total. The van der Waals surface area contributed by atoms with Gasteiger partial charge in [0, 0.05) is 18.3 Å². The van der Waals surface area contributed by atoms with Crippen molar-refractivity contribution in [3.05, 3.63) is 95.4 Å². The fourth-order valence-corrected chi connectivity index (χ4v) is 3.26. The van der Waals surface area contributed by atoms with Crippen LogP contribution in [0.1, 0.15) is 27.5 Å². The normalized spacial score (nSPS) is 14.0. The summed E-state index contributed by atoms with van der Waals surface area (Å²) in [4.78, 5) is 31.3. The van der Waals surface area contributed by atoms with E-state index >= 15 is 0 Å². The number of hydrogen-bond donors (Lipinski definition) is 1. The van der Waals surface area contributed by atoms with Crippen LogP contribution in [0.15, 0.2) is 72.9 Å². The standard InChI is InChI=1S/C21H16FN3O2/c22-17-11-6-12-23-19(17)24-20(26)18(14-7-2-1-3-8-14)25-13-15-9-4-5-10-16(15)21(25)27/h1-12,18H,13H2,(H,23,24,26)/t18-/m0/s1. The molecule has 0 saturated heterocycles. The van der Waals surface area contributed by atoms with Gasteiger partial charge in [0.1, 0.15) is 6.04 Å². The number of carbonyl (C=O) groups is 2. The lowest BCUT2D eigenvalue weighted by Gasteiger charge is -2.27. The molecule has 0 aliphatic carbocycles. The van der Waals surface area contributed by atoms with Crippen LogP contribution in [0.2, 0.25) is 0 Å². The second-order valence-electron chi connectivity index (χ2n) is 6.23. The van der Waals surface area contributed by atoms with Crippen molar-refractivity contribution in [2.45, 2.75) is 12.6 Å². The highest BCUT2D eigenvalue weighted by atomic mass is 19.1. The Morgan fingerprint density at radius 1 is 1.04 bits per heavy atom. The maximum absolute atomic E-state index is 13.9. The molecule has 0 bridgehead atoms. The Morgan fingerprint density at radius 2 is 1.78 bits per heavy atom. The molecule has 0 fully saturated rings. The SMILES string of the molecule is O=C(Nc1ncccc1F)[C@H](c1ccccc1)N1Cc2ccccc2C1=O. The maximum Gasteiger partial charge on any atom is 0.255 e. The van der Waals surface area contributed by atoms with Crippen LogP contribution in [0.3, 0.4) is 0 Å². The van der Waals surface area contributed by atoms with Gasteiger partial charge in [0.15, 0.2) is 11.6 Å². The Morgan fingerprint density at radius 3 is 2.52 bits per heavy atom. The first kappa shape index (κ1) is 16.9. The van der Waals surface area contributed by atoms with Crippen molar-refractivity contribution in [1.29, 1.82) is 0 Å². The van der Waals surface area contributed by atoms with Crippen LogP contribution in [-0.4, -0.2) is 21.7 Å². The number of nitrogens with zero attached hydrogens (tertiary/aromatic N) is 2. The number of anilines is 1. The molecule has 1 atom stereocenters. The van der Waals surface area contributed by atoms with E-state index in [1.807, 2.05) is 18.2 Å². The molecule has 27 heavy (non-hydrogen) atoms. The van der Waals surface area contributed by atoms with Gasteiger partial charge in [0.05, 0.1) is 0 Å². The van der Waals surface area contributed by atoms with E-state index in [1.165, 1.54) is 23.2 Å². The van der Waals surface area contributed by atoms with Crippen molar-refractivity contribution in [3.8, 4) is 0 Å². The second-order valence-corrected chi connectivity index (χ2v) is 6.23. The molecular weight excluding hydrogens is 345 g/mol. The first-order valence-corrected chi connectivity index (χ1v) is 8.50. The van der Waals surface area contributed by atoms with Crippen LogP contribution in [0.5, 0.6) is 0 Å². The Bertz CT molecular complexity index is 1010. The van der Waals surface area contributed by atoms with Crippen molar-refractivity contribution in [2.24, 2.45) is 0 Å². The number of amides is 2. The predicted molar refractivity (Wildman–Crippen MR) is 98.3 cm³/mol. The monoisotopic (exact) mass is 361 g/mol. The van der Waals surface area contributed by atoms with Crippen LogP contribution in [0, 0.1) is 5.82 Å². The van der Waals surface area contributed by atoms with Gasteiger partial charge in [-0.05, 0) is 29.3 Å². The number of halogens is 1. The number of aromatic nitrogens is 1. The van der Waals surface area contributed by atoms with E-state index < -0.39 is 17.8 Å². The van der Waals surface area contributed by atoms with Gasteiger partial charge in [0.2, 0.25) is 0 Å². The molecule has 4 rings (SSSR count). The average Bonchev–Trinajstić information content (AvgIpc) is 3.01. The lowest BCUT2D eigenvalue weighted by molar-refractivity contribution is -0.120. The molecule has 3 aromatic rings. The van der Waals surface area contributed by atoms with E-state index in [4.69, 9.17) is 0 Å². The highest BCUT2D eigenvalue weighted by Gasteiger charge is 2.37. The molecule has 2 heterocycles. The van der Waals surface area contributed by atoms with Crippen molar-refractivity contribution in [3.63, 3.8) is 0 Å². The number of fused-ring (bicyclic) bond motifs is 1. The van der Waals surface area contributed by atoms with Gasteiger partial charge in [-0.3, -0.25) is 9.59 Å². The van der Waals surface area contributed by atoms with E-state index in [-0.39, 0.29) is 11.7 Å². The van der Waals surface area contributed by atoms with Crippen LogP contribution < -0.4 is 5.32 Å². The zero-order valence-corrected chi connectivity index (χ0v) is 14.3. The summed E-state index contributed by atoms with van der Waals surface area (Å²) in [6.45, 7) is 0.312. The van der Waals surface area contributed by atoms with Gasteiger partial charge < -0.3 is 10.2 Å². The minimum absolute atomic E-state index is 0.160. The number of rotatable bonds is 4. The molecule has 2 amide bonds. The number of nitrogens with one attached hydrogen (secondary N) is 1. The van der Waals surface area contributed by atoms with E-state index in [2.05, 4.69) is 10.3 Å². The highest BCUT2D eigenvalue weighted by molar-refractivity contribution is 6.03. The van der Waals surface area contributed by atoms with Gasteiger partial charge in [-0.15, -0.1) is 0 Å². The Hall–Kier alpha value is -3.54. The molecule has 0 saturated carbocycles. The van der Waals surface area contributed by atoms with E-state index in [1.54, 1.807) is 36.4 Å². The fraction of sp³-hybridized carbons (Fsp3) is 0.0952. The summed E-state index contributed by atoms with van der Waals surface area (Å²) in [5.74, 6) is -1.53. The smallest absolute Gasteiger partial charge is 0.255 e. The molecule has 1 aliphatic rings. The summed E-state index contributed by atoms with van der Waals surface area (Å²) in [6, 6.07) is 18.0. The fourth-order valence-electron chi connectivity index (χ4n) is 3.26. The quantitative estimate of drug-likeness (QED) is 0.773. The summed E-state index contributed by atoms with van der Waals surface area (Å²) in [6.07, 6.45) is 1.40. The lowest BCUT2D eigenvalue weighted by atomic mass is 10.0. The van der Waals surface area contributed by atoms with Gasteiger partial charge in [-0.2, -0.15) is 0 Å². The molecule has 134 valence electrons. The molecule has 0 unspecified atom stereocenters.